The number of halogens is 3. The van der Waals surface area contributed by atoms with Crippen LogP contribution in [0.5, 0.6) is 0 Å². The fourth-order valence-electron chi connectivity index (χ4n) is 2.33. The van der Waals surface area contributed by atoms with E-state index in [0.717, 1.165) is 12.1 Å². The third-order valence-electron chi connectivity index (χ3n) is 3.37. The molecule has 0 radical (unpaired) electrons. The Morgan fingerprint density at radius 3 is 2.32 bits per heavy atom. The van der Waals surface area contributed by atoms with Gasteiger partial charge in [-0.1, -0.05) is 30.3 Å². The molecule has 0 unspecified atom stereocenters. The Labute approximate surface area is 129 Å². The maximum Gasteiger partial charge on any atom is 0.416 e. The van der Waals surface area contributed by atoms with Crippen LogP contribution in [0.3, 0.4) is 0 Å². The van der Waals surface area contributed by atoms with Gasteiger partial charge in [-0.15, -0.1) is 12.6 Å². The van der Waals surface area contributed by atoms with Crippen LogP contribution < -0.4 is 5.43 Å². The van der Waals surface area contributed by atoms with Gasteiger partial charge in [-0.3, -0.25) is 4.79 Å². The molecule has 1 aromatic heterocycles. The largest absolute Gasteiger partial charge is 0.416 e. The van der Waals surface area contributed by atoms with Gasteiger partial charge in [0.15, 0.2) is 5.43 Å². The number of hydrogen-bond acceptors (Lipinski definition) is 2. The van der Waals surface area contributed by atoms with Gasteiger partial charge < -0.3 is 4.98 Å². The number of hydrogen-bond donors (Lipinski definition) is 2. The Kier molecular flexibility index (Phi) is 3.48. The Morgan fingerprint density at radius 2 is 1.68 bits per heavy atom. The van der Waals surface area contributed by atoms with Crippen LogP contribution in [0, 0.1) is 0 Å². The third kappa shape index (κ3) is 2.50. The first-order valence-electron chi connectivity index (χ1n) is 6.39. The van der Waals surface area contributed by atoms with E-state index in [0.29, 0.717) is 11.1 Å². The van der Waals surface area contributed by atoms with E-state index in [4.69, 9.17) is 0 Å². The number of nitrogens with one attached hydrogen (secondary N) is 1. The van der Waals surface area contributed by atoms with E-state index in [1.807, 2.05) is 6.07 Å². The Morgan fingerprint density at radius 1 is 1.00 bits per heavy atom. The van der Waals surface area contributed by atoms with E-state index < -0.39 is 11.7 Å². The van der Waals surface area contributed by atoms with Crippen LogP contribution in [0.2, 0.25) is 0 Å². The molecule has 2 nitrogen and oxygen atoms in total. The molecule has 2 aromatic carbocycles. The first kappa shape index (κ1) is 14.7. The van der Waals surface area contributed by atoms with Crippen molar-refractivity contribution in [1.82, 2.24) is 4.98 Å². The van der Waals surface area contributed by atoms with Gasteiger partial charge in [0.25, 0.3) is 0 Å². The van der Waals surface area contributed by atoms with Gasteiger partial charge in [-0.2, -0.15) is 13.2 Å². The molecule has 3 aromatic rings. The molecule has 0 aliphatic heterocycles. The SMILES string of the molecule is O=c1c(-c2ccccc2)c(S)[nH]c2cc(C(F)(F)F)ccc12. The molecule has 6 heteroatoms. The summed E-state index contributed by atoms with van der Waals surface area (Å²) in [6.45, 7) is 0. The minimum Gasteiger partial charge on any atom is -0.349 e. The first-order valence-corrected chi connectivity index (χ1v) is 6.84. The molecule has 0 saturated heterocycles. The maximum atomic E-state index is 12.8. The van der Waals surface area contributed by atoms with Crippen LogP contribution in [0.1, 0.15) is 5.56 Å². The summed E-state index contributed by atoms with van der Waals surface area (Å²) in [4.78, 5) is 15.3. The quantitative estimate of drug-likeness (QED) is 0.636. The molecule has 0 spiro atoms. The van der Waals surface area contributed by atoms with Crippen molar-refractivity contribution in [3.05, 3.63) is 64.3 Å². The molecule has 3 rings (SSSR count). The van der Waals surface area contributed by atoms with Crippen LogP contribution in [0.25, 0.3) is 22.0 Å². The minimum absolute atomic E-state index is 0.115. The summed E-state index contributed by atoms with van der Waals surface area (Å²) in [6, 6.07) is 11.9. The summed E-state index contributed by atoms with van der Waals surface area (Å²) >= 11 is 4.22. The van der Waals surface area contributed by atoms with Crippen LogP contribution >= 0.6 is 12.6 Å². The number of aromatic amines is 1. The lowest BCUT2D eigenvalue weighted by Gasteiger charge is -2.10. The van der Waals surface area contributed by atoms with Gasteiger partial charge in [0.05, 0.1) is 21.7 Å². The van der Waals surface area contributed by atoms with E-state index in [1.54, 1.807) is 24.3 Å². The third-order valence-corrected chi connectivity index (χ3v) is 3.71. The first-order chi connectivity index (χ1) is 10.4. The number of alkyl halides is 3. The van der Waals surface area contributed by atoms with Crippen molar-refractivity contribution in [2.24, 2.45) is 0 Å². The molecule has 112 valence electrons. The van der Waals surface area contributed by atoms with Gasteiger partial charge >= 0.3 is 6.18 Å². The predicted octanol–water partition coefficient (Wildman–Crippen LogP) is 4.50. The zero-order valence-corrected chi connectivity index (χ0v) is 12.0. The van der Waals surface area contributed by atoms with E-state index in [1.165, 1.54) is 6.07 Å². The monoisotopic (exact) mass is 321 g/mol. The molecular formula is C16H10F3NOS. The average Bonchev–Trinajstić information content (AvgIpc) is 2.47. The maximum absolute atomic E-state index is 12.8. The van der Waals surface area contributed by atoms with Crippen LogP contribution in [-0.2, 0) is 6.18 Å². The van der Waals surface area contributed by atoms with Crippen LogP contribution in [0.15, 0.2) is 58.4 Å². The molecule has 0 saturated carbocycles. The highest BCUT2D eigenvalue weighted by atomic mass is 32.1. The van der Waals surface area contributed by atoms with Crippen LogP contribution in [0.4, 0.5) is 13.2 Å². The highest BCUT2D eigenvalue weighted by Gasteiger charge is 2.30. The predicted molar refractivity (Wildman–Crippen MR) is 82.3 cm³/mol. The molecule has 1 heterocycles. The van der Waals surface area contributed by atoms with E-state index in [-0.39, 0.29) is 21.4 Å². The van der Waals surface area contributed by atoms with Crippen molar-refractivity contribution in [3.63, 3.8) is 0 Å². The van der Waals surface area contributed by atoms with Gasteiger partial charge in [0.2, 0.25) is 0 Å². The molecular weight excluding hydrogens is 311 g/mol. The smallest absolute Gasteiger partial charge is 0.349 e. The summed E-state index contributed by atoms with van der Waals surface area (Å²) < 4.78 is 38.3. The van der Waals surface area contributed by atoms with E-state index in [2.05, 4.69) is 17.6 Å². The molecule has 0 fully saturated rings. The van der Waals surface area contributed by atoms with Crippen molar-refractivity contribution in [2.45, 2.75) is 11.2 Å². The Hall–Kier alpha value is -2.21. The second-order valence-electron chi connectivity index (χ2n) is 4.80. The summed E-state index contributed by atoms with van der Waals surface area (Å²) in [5.41, 5.74) is -0.0363. The normalized spacial score (nSPS) is 11.8. The number of rotatable bonds is 1. The highest BCUT2D eigenvalue weighted by Crippen LogP contribution is 2.31. The van der Waals surface area contributed by atoms with Crippen molar-refractivity contribution >= 4 is 23.5 Å². The molecule has 22 heavy (non-hydrogen) atoms. The number of fused-ring (bicyclic) bond motifs is 1. The second kappa shape index (κ2) is 5.21. The number of pyridine rings is 1. The van der Waals surface area contributed by atoms with Crippen molar-refractivity contribution < 1.29 is 13.2 Å². The van der Waals surface area contributed by atoms with Crippen molar-refractivity contribution in [2.75, 3.05) is 0 Å². The lowest BCUT2D eigenvalue weighted by molar-refractivity contribution is -0.137. The summed E-state index contributed by atoms with van der Waals surface area (Å²) in [5.74, 6) is 0. The standard InChI is InChI=1S/C16H10F3NOS/c17-16(18,19)10-6-7-11-12(8-10)20-15(22)13(14(11)21)9-4-2-1-3-5-9/h1-8H,(H2,20,21,22). The lowest BCUT2D eigenvalue weighted by atomic mass is 10.0. The lowest BCUT2D eigenvalue weighted by Crippen LogP contribution is -2.10. The summed E-state index contributed by atoms with van der Waals surface area (Å²) in [6.07, 6.45) is -4.46. The zero-order chi connectivity index (χ0) is 15.9. The average molecular weight is 321 g/mol. The minimum atomic E-state index is -4.46. The highest BCUT2D eigenvalue weighted by molar-refractivity contribution is 7.80. The van der Waals surface area contributed by atoms with E-state index in [9.17, 15) is 18.0 Å². The molecule has 0 amide bonds. The number of H-pyrrole nitrogens is 1. The van der Waals surface area contributed by atoms with E-state index >= 15 is 0 Å². The van der Waals surface area contributed by atoms with Crippen molar-refractivity contribution in [1.29, 1.82) is 0 Å². The van der Waals surface area contributed by atoms with Gasteiger partial charge in [-0.25, -0.2) is 0 Å². The molecule has 0 bridgehead atoms. The Balaban J connectivity index is 2.29. The Bertz CT molecular complexity index is 901. The second-order valence-corrected chi connectivity index (χ2v) is 5.25. The molecule has 0 atom stereocenters. The van der Waals surface area contributed by atoms with Gasteiger partial charge in [0, 0.05) is 5.39 Å². The summed E-state index contributed by atoms with van der Waals surface area (Å²) in [7, 11) is 0. The fourth-order valence-corrected chi connectivity index (χ4v) is 2.68. The molecule has 1 N–H and O–H groups in total. The number of thiol groups is 1. The topological polar surface area (TPSA) is 32.9 Å². The van der Waals surface area contributed by atoms with Crippen LogP contribution in [-0.4, -0.2) is 4.98 Å². The van der Waals surface area contributed by atoms with Gasteiger partial charge in [-0.05, 0) is 23.8 Å². The molecule has 0 aliphatic rings. The zero-order valence-electron chi connectivity index (χ0n) is 11.1. The molecule has 0 aliphatic carbocycles. The number of benzene rings is 2. The number of aromatic nitrogens is 1. The fraction of sp³-hybridized carbons (Fsp3) is 0.0625. The van der Waals surface area contributed by atoms with Crippen molar-refractivity contribution in [3.8, 4) is 11.1 Å². The van der Waals surface area contributed by atoms with Gasteiger partial charge in [0.1, 0.15) is 0 Å². The summed E-state index contributed by atoms with van der Waals surface area (Å²) in [5, 5.41) is 0.438.